The first-order valence-electron chi connectivity index (χ1n) is 40.0. The molecule has 9 nitrogen and oxygen atoms in total. The maximum Gasteiger partial charge on any atom is 0.220 e. The van der Waals surface area contributed by atoms with Crippen LogP contribution in [-0.2, 0) is 14.3 Å². The fraction of sp³-hybridized carbons (Fsp3) is 0.938. The monoisotopic (exact) mass is 1260 g/mol. The van der Waals surface area contributed by atoms with Crippen LogP contribution >= 0.6 is 0 Å². The average molecular weight is 1260 g/mol. The van der Waals surface area contributed by atoms with Crippen LogP contribution in [0, 0.1) is 0 Å². The number of amides is 1. The van der Waals surface area contributed by atoms with E-state index in [9.17, 15) is 30.3 Å². The molecule has 0 saturated carbocycles. The minimum atomic E-state index is -1.55. The molecular formula is C80H155NO8. The van der Waals surface area contributed by atoms with Gasteiger partial charge in [0.2, 0.25) is 5.91 Å². The summed E-state index contributed by atoms with van der Waals surface area (Å²) in [6.45, 7) is 3.90. The minimum absolute atomic E-state index is 0.132. The zero-order valence-corrected chi connectivity index (χ0v) is 59.5. The van der Waals surface area contributed by atoms with Crippen LogP contribution < -0.4 is 5.32 Å². The van der Waals surface area contributed by atoms with Crippen molar-refractivity contribution in [1.82, 2.24) is 5.32 Å². The third-order valence-electron chi connectivity index (χ3n) is 19.6. The van der Waals surface area contributed by atoms with Gasteiger partial charge in [-0.15, -0.1) is 0 Å². The topological polar surface area (TPSA) is 149 Å². The first kappa shape index (κ1) is 85.7. The van der Waals surface area contributed by atoms with E-state index in [0.717, 1.165) is 44.9 Å². The maximum absolute atomic E-state index is 13.2. The van der Waals surface area contributed by atoms with E-state index >= 15 is 0 Å². The summed E-state index contributed by atoms with van der Waals surface area (Å²) in [5.74, 6) is -0.134. The van der Waals surface area contributed by atoms with E-state index in [-0.39, 0.29) is 12.5 Å². The Morgan fingerprint density at radius 2 is 0.663 bits per heavy atom. The zero-order valence-electron chi connectivity index (χ0n) is 59.5. The van der Waals surface area contributed by atoms with Crippen LogP contribution in [0.15, 0.2) is 24.3 Å². The number of ether oxygens (including phenoxy) is 2. The molecule has 0 aromatic rings. The first-order valence-corrected chi connectivity index (χ1v) is 40.0. The number of carbonyl (C=O) groups excluding carboxylic acids is 1. The quantitative estimate of drug-likeness (QED) is 0.0261. The van der Waals surface area contributed by atoms with Crippen molar-refractivity contribution in [2.45, 2.75) is 468 Å². The second-order valence-electron chi connectivity index (χ2n) is 28.2. The SMILES string of the molecule is CCCCCCC/C=C\C/C=C\CCCCCCCCCCCCCCCCCCCCCCCC(=O)NC(COC1OC(CO)C(O)C(O)C1O)C(O)CCCCCCCCCCCCCCCCCCCCCCCCCCCCCCCCCCC. The van der Waals surface area contributed by atoms with Crippen molar-refractivity contribution < 1.29 is 39.8 Å². The normalized spacial score (nSPS) is 17.9. The van der Waals surface area contributed by atoms with Crippen molar-refractivity contribution >= 4 is 5.91 Å². The van der Waals surface area contributed by atoms with Crippen LogP contribution in [0.5, 0.6) is 0 Å². The number of allylic oxidation sites excluding steroid dienone is 4. The van der Waals surface area contributed by atoms with E-state index in [1.165, 1.54) is 353 Å². The molecule has 0 aromatic carbocycles. The van der Waals surface area contributed by atoms with Gasteiger partial charge in [0.1, 0.15) is 24.4 Å². The van der Waals surface area contributed by atoms with E-state index in [1.807, 2.05) is 0 Å². The van der Waals surface area contributed by atoms with Crippen molar-refractivity contribution in [2.75, 3.05) is 13.2 Å². The molecule has 0 bridgehead atoms. The minimum Gasteiger partial charge on any atom is -0.394 e. The molecule has 1 aliphatic heterocycles. The molecule has 9 heteroatoms. The second kappa shape index (κ2) is 69.5. The summed E-state index contributed by atoms with van der Waals surface area (Å²) in [6, 6.07) is -0.719. The lowest BCUT2D eigenvalue weighted by molar-refractivity contribution is -0.302. The highest BCUT2D eigenvalue weighted by molar-refractivity contribution is 5.76. The summed E-state index contributed by atoms with van der Waals surface area (Å²) in [7, 11) is 0. The Balaban J connectivity index is 2.05. The van der Waals surface area contributed by atoms with E-state index < -0.39 is 49.5 Å². The predicted molar refractivity (Wildman–Crippen MR) is 383 cm³/mol. The third-order valence-corrected chi connectivity index (χ3v) is 19.6. The van der Waals surface area contributed by atoms with E-state index in [4.69, 9.17) is 9.47 Å². The molecule has 1 rings (SSSR count). The zero-order chi connectivity index (χ0) is 64.2. The Hall–Kier alpha value is -1.33. The van der Waals surface area contributed by atoms with Crippen LogP contribution in [0.1, 0.15) is 425 Å². The molecule has 1 fully saturated rings. The molecule has 1 amide bonds. The highest BCUT2D eigenvalue weighted by Gasteiger charge is 2.44. The number of nitrogens with one attached hydrogen (secondary N) is 1. The van der Waals surface area contributed by atoms with Gasteiger partial charge in [0, 0.05) is 6.42 Å². The van der Waals surface area contributed by atoms with Crippen molar-refractivity contribution in [1.29, 1.82) is 0 Å². The van der Waals surface area contributed by atoms with Gasteiger partial charge in [0.25, 0.3) is 0 Å². The Morgan fingerprint density at radius 3 is 0.966 bits per heavy atom. The van der Waals surface area contributed by atoms with Gasteiger partial charge >= 0.3 is 0 Å². The molecule has 0 radical (unpaired) electrons. The standard InChI is InChI=1S/C80H155NO8/c1-3-5-7-9-11-13-15-17-19-21-23-25-27-29-31-33-35-37-39-41-43-45-47-49-51-53-55-57-59-61-63-65-67-69-74(83)73(72-88-80-79(87)78(86)77(85)75(71-82)89-80)81-76(84)70-68-66-64-62-60-58-56-54-52-50-48-46-44-42-40-38-36-34-32-30-28-26-24-22-20-18-16-14-12-10-8-6-4-2/h16,18,22,24,73-75,77-80,82-83,85-87H,3-15,17,19-21,23,25-72H2,1-2H3,(H,81,84)/b18-16-,24-22-. The molecule has 528 valence electrons. The molecule has 0 spiro atoms. The van der Waals surface area contributed by atoms with Crippen LogP contribution in [0.3, 0.4) is 0 Å². The van der Waals surface area contributed by atoms with Gasteiger partial charge in [-0.25, -0.2) is 0 Å². The largest absolute Gasteiger partial charge is 0.394 e. The van der Waals surface area contributed by atoms with E-state index in [0.29, 0.717) is 12.8 Å². The molecule has 0 aliphatic carbocycles. The van der Waals surface area contributed by atoms with Crippen LogP contribution in [-0.4, -0.2) is 87.5 Å². The lowest BCUT2D eigenvalue weighted by Gasteiger charge is -2.40. The van der Waals surface area contributed by atoms with Gasteiger partial charge in [0.15, 0.2) is 6.29 Å². The number of hydrogen-bond acceptors (Lipinski definition) is 8. The number of carbonyl (C=O) groups is 1. The number of aliphatic hydroxyl groups excluding tert-OH is 5. The molecule has 6 N–H and O–H groups in total. The number of unbranched alkanes of at least 4 members (excludes halogenated alkanes) is 58. The smallest absolute Gasteiger partial charge is 0.220 e. The fourth-order valence-corrected chi connectivity index (χ4v) is 13.3. The molecule has 7 unspecified atom stereocenters. The predicted octanol–water partition coefficient (Wildman–Crippen LogP) is 22.8. The highest BCUT2D eigenvalue weighted by Crippen LogP contribution is 2.24. The average Bonchev–Trinajstić information content (AvgIpc) is 2.28. The Labute approximate surface area is 553 Å². The van der Waals surface area contributed by atoms with Crippen LogP contribution in [0.4, 0.5) is 0 Å². The summed E-state index contributed by atoms with van der Waals surface area (Å²) >= 11 is 0. The van der Waals surface area contributed by atoms with Crippen molar-refractivity contribution in [3.63, 3.8) is 0 Å². The van der Waals surface area contributed by atoms with Gasteiger partial charge in [-0.2, -0.15) is 0 Å². The number of rotatable bonds is 72. The van der Waals surface area contributed by atoms with Crippen LogP contribution in [0.25, 0.3) is 0 Å². The molecule has 0 aromatic heterocycles. The third kappa shape index (κ3) is 57.8. The van der Waals surface area contributed by atoms with Gasteiger partial charge < -0.3 is 40.3 Å². The van der Waals surface area contributed by atoms with Crippen molar-refractivity contribution in [3.8, 4) is 0 Å². The Morgan fingerprint density at radius 1 is 0.382 bits per heavy atom. The van der Waals surface area contributed by atoms with Gasteiger partial charge in [-0.1, -0.05) is 398 Å². The van der Waals surface area contributed by atoms with Gasteiger partial charge in [0.05, 0.1) is 25.4 Å². The first-order chi connectivity index (χ1) is 43.8. The highest BCUT2D eigenvalue weighted by atomic mass is 16.7. The Bertz CT molecular complexity index is 1460. The molecule has 1 saturated heterocycles. The van der Waals surface area contributed by atoms with E-state index in [1.54, 1.807) is 0 Å². The second-order valence-corrected chi connectivity index (χ2v) is 28.2. The van der Waals surface area contributed by atoms with Crippen molar-refractivity contribution in [3.05, 3.63) is 24.3 Å². The Kier molecular flexibility index (Phi) is 66.9. The summed E-state index contributed by atoms with van der Waals surface area (Å²) < 4.78 is 11.4. The number of hydrogen-bond donors (Lipinski definition) is 6. The lowest BCUT2D eigenvalue weighted by atomic mass is 9.99. The molecule has 7 atom stereocenters. The van der Waals surface area contributed by atoms with E-state index in [2.05, 4.69) is 43.5 Å². The molecule has 1 aliphatic rings. The van der Waals surface area contributed by atoms with Gasteiger partial charge in [-0.3, -0.25) is 4.79 Å². The van der Waals surface area contributed by atoms with Gasteiger partial charge in [-0.05, 0) is 44.9 Å². The summed E-state index contributed by atoms with van der Waals surface area (Å²) in [5, 5.41) is 55.1. The summed E-state index contributed by atoms with van der Waals surface area (Å²) in [6.07, 6.45) is 85.8. The van der Waals surface area contributed by atoms with Crippen molar-refractivity contribution in [2.24, 2.45) is 0 Å². The lowest BCUT2D eigenvalue weighted by Crippen LogP contribution is -2.60. The summed E-state index contributed by atoms with van der Waals surface area (Å²) in [5.41, 5.74) is 0. The van der Waals surface area contributed by atoms with Crippen LogP contribution in [0.2, 0.25) is 0 Å². The molecular weight excluding hydrogens is 1100 g/mol. The molecule has 1 heterocycles. The summed E-state index contributed by atoms with van der Waals surface area (Å²) in [4.78, 5) is 13.2. The maximum atomic E-state index is 13.2. The molecule has 89 heavy (non-hydrogen) atoms. The number of aliphatic hydroxyl groups is 5. The fourth-order valence-electron chi connectivity index (χ4n) is 13.3.